The molecule has 0 radical (unpaired) electrons. The molecule has 7 aromatic rings. The highest BCUT2D eigenvalue weighted by Crippen LogP contribution is 2.59. The maximum absolute atomic E-state index is 5.03. The molecular weight excluding hydrogens is 653 g/mol. The molecular formula is C52H42N2. The summed E-state index contributed by atoms with van der Waals surface area (Å²) < 4.78 is 0. The minimum Gasteiger partial charge on any atom is -0.228 e. The average molecular weight is 695 g/mol. The highest BCUT2D eigenvalue weighted by atomic mass is 14.9. The Morgan fingerprint density at radius 1 is 0.481 bits per heavy atom. The van der Waals surface area contributed by atoms with Crippen molar-refractivity contribution in [2.45, 2.75) is 44.9 Å². The molecule has 0 amide bonds. The number of nitrogens with zero attached hydrogens (tertiary/aromatic N) is 2. The van der Waals surface area contributed by atoms with E-state index in [2.05, 4.69) is 167 Å². The normalized spacial score (nSPS) is 17.0. The molecule has 0 aliphatic heterocycles. The van der Waals surface area contributed by atoms with Crippen molar-refractivity contribution in [2.24, 2.45) is 5.92 Å². The smallest absolute Gasteiger partial charge is 0.160 e. The van der Waals surface area contributed by atoms with Gasteiger partial charge in [0.2, 0.25) is 0 Å². The zero-order valence-electron chi connectivity index (χ0n) is 31.3. The first-order chi connectivity index (χ1) is 26.3. The minimum absolute atomic E-state index is 0.0713. The summed E-state index contributed by atoms with van der Waals surface area (Å²) in [6.45, 7) is 9.69. The van der Waals surface area contributed by atoms with E-state index in [4.69, 9.17) is 9.97 Å². The van der Waals surface area contributed by atoms with Crippen LogP contribution in [0.4, 0.5) is 0 Å². The summed E-state index contributed by atoms with van der Waals surface area (Å²) >= 11 is 0. The fourth-order valence-corrected chi connectivity index (χ4v) is 9.37. The van der Waals surface area contributed by atoms with Crippen LogP contribution in [0.5, 0.6) is 0 Å². The van der Waals surface area contributed by atoms with Crippen molar-refractivity contribution in [3.63, 3.8) is 0 Å². The molecule has 0 saturated heterocycles. The Morgan fingerprint density at radius 2 is 1.06 bits per heavy atom. The Balaban J connectivity index is 0.991. The Morgan fingerprint density at radius 3 is 1.72 bits per heavy atom. The predicted octanol–water partition coefficient (Wildman–Crippen LogP) is 13.4. The van der Waals surface area contributed by atoms with Crippen LogP contribution in [0.25, 0.3) is 72.9 Å². The predicted molar refractivity (Wildman–Crippen MR) is 225 cm³/mol. The lowest BCUT2D eigenvalue weighted by atomic mass is 9.74. The van der Waals surface area contributed by atoms with Gasteiger partial charge in [0.1, 0.15) is 0 Å². The van der Waals surface area contributed by atoms with Crippen molar-refractivity contribution in [1.29, 1.82) is 0 Å². The van der Waals surface area contributed by atoms with Crippen LogP contribution >= 0.6 is 0 Å². The number of allylic oxidation sites excluding steroid dienone is 4. The fourth-order valence-electron chi connectivity index (χ4n) is 9.37. The number of hydrogen-bond acceptors (Lipinski definition) is 2. The molecule has 6 aromatic carbocycles. The van der Waals surface area contributed by atoms with Crippen LogP contribution in [-0.2, 0) is 10.8 Å². The Hall–Kier alpha value is -6.12. The largest absolute Gasteiger partial charge is 0.228 e. The van der Waals surface area contributed by atoms with E-state index in [1.807, 2.05) is 24.3 Å². The lowest BCUT2D eigenvalue weighted by molar-refractivity contribution is 0.415. The summed E-state index contributed by atoms with van der Waals surface area (Å²) in [6.07, 6.45) is 8.07. The van der Waals surface area contributed by atoms with Gasteiger partial charge >= 0.3 is 0 Å². The SMILES string of the molecule is CC1(C)c2cc3c(cc2-c2c(-c4ccc(-c5ccc(-c6cc(-c7ccccc7)nc(-c7ccccc7)n6)cc5)cc4)cccc21)C(C)(C)C1CC=CC=C31. The van der Waals surface area contributed by atoms with Gasteiger partial charge in [-0.15, -0.1) is 0 Å². The second-order valence-electron chi connectivity index (χ2n) is 16.2. The molecule has 2 nitrogen and oxygen atoms in total. The van der Waals surface area contributed by atoms with E-state index in [-0.39, 0.29) is 10.8 Å². The third-order valence-electron chi connectivity index (χ3n) is 12.4. The number of benzene rings is 6. The number of fused-ring (bicyclic) bond motifs is 6. The van der Waals surface area contributed by atoms with Gasteiger partial charge in [0.15, 0.2) is 5.82 Å². The summed E-state index contributed by atoms with van der Waals surface area (Å²) in [4.78, 5) is 9.99. The first kappa shape index (κ1) is 32.5. The summed E-state index contributed by atoms with van der Waals surface area (Å²) in [5.74, 6) is 1.27. The topological polar surface area (TPSA) is 25.8 Å². The molecule has 1 unspecified atom stereocenters. The summed E-state index contributed by atoms with van der Waals surface area (Å²) in [7, 11) is 0. The van der Waals surface area contributed by atoms with Gasteiger partial charge in [-0.1, -0.05) is 173 Å². The van der Waals surface area contributed by atoms with E-state index in [9.17, 15) is 0 Å². The third kappa shape index (κ3) is 5.08. The van der Waals surface area contributed by atoms with Crippen LogP contribution in [0.2, 0.25) is 0 Å². The number of rotatable bonds is 5. The van der Waals surface area contributed by atoms with Gasteiger partial charge in [-0.2, -0.15) is 0 Å². The van der Waals surface area contributed by atoms with Gasteiger partial charge in [-0.05, 0) is 97.2 Å². The monoisotopic (exact) mass is 694 g/mol. The Bertz CT molecular complexity index is 2580. The molecule has 1 atom stereocenters. The molecule has 2 heteroatoms. The van der Waals surface area contributed by atoms with E-state index in [1.165, 1.54) is 61.2 Å². The molecule has 0 bridgehead atoms. The molecule has 1 heterocycles. The Kier molecular flexibility index (Phi) is 7.36. The minimum atomic E-state index is -0.0713. The quantitative estimate of drug-likeness (QED) is 0.179. The molecule has 0 N–H and O–H groups in total. The van der Waals surface area contributed by atoms with Gasteiger partial charge in [0.25, 0.3) is 0 Å². The van der Waals surface area contributed by atoms with E-state index in [0.29, 0.717) is 5.92 Å². The maximum atomic E-state index is 5.03. The molecule has 0 spiro atoms. The Labute approximate surface area is 318 Å². The first-order valence-electron chi connectivity index (χ1n) is 19.2. The summed E-state index contributed by atoms with van der Waals surface area (Å²) in [5, 5.41) is 0. The number of aromatic nitrogens is 2. The van der Waals surface area contributed by atoms with Crippen LogP contribution in [0.3, 0.4) is 0 Å². The molecule has 10 rings (SSSR count). The zero-order chi connectivity index (χ0) is 36.6. The molecule has 1 aromatic heterocycles. The van der Waals surface area contributed by atoms with Crippen LogP contribution in [-0.4, -0.2) is 9.97 Å². The van der Waals surface area contributed by atoms with Gasteiger partial charge < -0.3 is 0 Å². The van der Waals surface area contributed by atoms with Crippen molar-refractivity contribution in [3.05, 3.63) is 186 Å². The lowest BCUT2D eigenvalue weighted by Crippen LogP contribution is -2.23. The molecule has 260 valence electrons. The first-order valence-corrected chi connectivity index (χ1v) is 19.2. The summed E-state index contributed by atoms with van der Waals surface area (Å²) in [5.41, 5.74) is 20.1. The van der Waals surface area contributed by atoms with Crippen molar-refractivity contribution in [1.82, 2.24) is 9.97 Å². The molecule has 3 aliphatic rings. The van der Waals surface area contributed by atoms with Gasteiger partial charge in [-0.25, -0.2) is 9.97 Å². The molecule has 54 heavy (non-hydrogen) atoms. The van der Waals surface area contributed by atoms with Crippen molar-refractivity contribution >= 4 is 5.57 Å². The van der Waals surface area contributed by atoms with E-state index >= 15 is 0 Å². The van der Waals surface area contributed by atoms with Gasteiger partial charge in [0, 0.05) is 22.1 Å². The van der Waals surface area contributed by atoms with E-state index in [0.717, 1.165) is 40.3 Å². The van der Waals surface area contributed by atoms with Crippen molar-refractivity contribution < 1.29 is 0 Å². The van der Waals surface area contributed by atoms with Gasteiger partial charge in [-0.3, -0.25) is 0 Å². The second kappa shape index (κ2) is 12.2. The fraction of sp³-hybridized carbons (Fsp3) is 0.154. The summed E-state index contributed by atoms with van der Waals surface area (Å²) in [6, 6.07) is 52.6. The van der Waals surface area contributed by atoms with E-state index < -0.39 is 0 Å². The third-order valence-corrected chi connectivity index (χ3v) is 12.4. The maximum Gasteiger partial charge on any atom is 0.160 e. The van der Waals surface area contributed by atoms with Gasteiger partial charge in [0.05, 0.1) is 11.4 Å². The van der Waals surface area contributed by atoms with Crippen molar-refractivity contribution in [2.75, 3.05) is 0 Å². The highest BCUT2D eigenvalue weighted by Gasteiger charge is 2.46. The molecule has 3 aliphatic carbocycles. The second-order valence-corrected chi connectivity index (χ2v) is 16.2. The van der Waals surface area contributed by atoms with Crippen molar-refractivity contribution in [3.8, 4) is 67.3 Å². The van der Waals surface area contributed by atoms with Crippen LogP contribution < -0.4 is 0 Å². The molecule has 0 fully saturated rings. The van der Waals surface area contributed by atoms with Crippen LogP contribution in [0, 0.1) is 5.92 Å². The lowest BCUT2D eigenvalue weighted by Gasteiger charge is -2.29. The van der Waals surface area contributed by atoms with Crippen LogP contribution in [0.1, 0.15) is 56.4 Å². The zero-order valence-corrected chi connectivity index (χ0v) is 31.3. The number of hydrogen-bond donors (Lipinski definition) is 0. The molecule has 0 saturated carbocycles. The van der Waals surface area contributed by atoms with E-state index in [1.54, 1.807) is 0 Å². The standard InChI is InChI=1S/C52H42N2/c1-51(2)43-20-12-11-18-40(43)41-30-46-42(31-45(41)51)49-39(19-13-21-44(49)52(46,3)4)35-26-22-33(23-27-35)34-24-28-37(29-25-34)48-32-47(36-14-7-5-8-15-36)53-50(54-48)38-16-9-6-10-17-38/h5-19,21-32,43H,20H2,1-4H3. The van der Waals surface area contributed by atoms with Crippen LogP contribution in [0.15, 0.2) is 164 Å². The average Bonchev–Trinajstić information content (AvgIpc) is 3.60. The highest BCUT2D eigenvalue weighted by molar-refractivity contribution is 5.95.